The zero-order chi connectivity index (χ0) is 8.55. The van der Waals surface area contributed by atoms with Crippen molar-refractivity contribution in [1.29, 1.82) is 0 Å². The molecule has 0 atom stereocenters. The van der Waals surface area contributed by atoms with Crippen molar-refractivity contribution in [1.82, 2.24) is 9.55 Å². The minimum Gasteiger partial charge on any atom is -0.513 e. The van der Waals surface area contributed by atoms with Crippen LogP contribution in [0.5, 0.6) is 0 Å². The van der Waals surface area contributed by atoms with E-state index in [1.165, 1.54) is 0 Å². The van der Waals surface area contributed by atoms with Crippen LogP contribution in [0.2, 0.25) is 0 Å². The number of nitrogens with zero attached hydrogens (tertiary/aromatic N) is 2. The van der Waals surface area contributed by atoms with Gasteiger partial charge in [-0.25, -0.2) is 4.98 Å². The molecule has 0 unspecified atom stereocenters. The molecule has 0 aliphatic carbocycles. The Kier molecular flexibility index (Phi) is 1.77. The summed E-state index contributed by atoms with van der Waals surface area (Å²) in [6.45, 7) is 0.734. The molecule has 1 aromatic heterocycles. The van der Waals surface area contributed by atoms with Crippen LogP contribution in [-0.2, 0) is 6.54 Å². The second-order valence-electron chi connectivity index (χ2n) is 2.54. The van der Waals surface area contributed by atoms with E-state index in [-0.39, 0.29) is 0 Å². The summed E-state index contributed by atoms with van der Waals surface area (Å²) < 4.78 is 3.00. The first kappa shape index (κ1) is 7.61. The number of hydrogen-bond acceptors (Lipinski definition) is 2. The molecule has 0 saturated carbocycles. The van der Waals surface area contributed by atoms with E-state index < -0.39 is 0 Å². The number of imidazole rings is 1. The highest BCUT2D eigenvalue weighted by Gasteiger charge is 2.03. The maximum atomic E-state index is 8.83. The molecular formula is C8H7BrN2O. The summed E-state index contributed by atoms with van der Waals surface area (Å²) in [7, 11) is 0. The number of rotatable bonds is 0. The molecule has 0 spiro atoms. The summed E-state index contributed by atoms with van der Waals surface area (Å²) in [6.07, 6.45) is 6.57. The summed E-state index contributed by atoms with van der Waals surface area (Å²) in [5.41, 5.74) is 0.874. The van der Waals surface area contributed by atoms with Crippen LogP contribution in [0, 0.1) is 0 Å². The highest BCUT2D eigenvalue weighted by molar-refractivity contribution is 9.11. The Hall–Kier alpha value is -1.03. The van der Waals surface area contributed by atoms with Crippen molar-refractivity contribution < 1.29 is 5.11 Å². The molecule has 4 heteroatoms. The third kappa shape index (κ3) is 1.08. The van der Waals surface area contributed by atoms with E-state index in [2.05, 4.69) is 20.9 Å². The Morgan fingerprint density at radius 3 is 3.17 bits per heavy atom. The van der Waals surface area contributed by atoms with Gasteiger partial charge in [0.15, 0.2) is 0 Å². The van der Waals surface area contributed by atoms with Crippen molar-refractivity contribution in [2.75, 3.05) is 0 Å². The minimum absolute atomic E-state index is 0.728. The van der Waals surface area contributed by atoms with Gasteiger partial charge in [-0.15, -0.1) is 0 Å². The number of aliphatic hydroxyl groups excluding tert-OH is 1. The van der Waals surface area contributed by atoms with Crippen LogP contribution in [0.1, 0.15) is 0 Å². The van der Waals surface area contributed by atoms with Crippen molar-refractivity contribution in [3.8, 4) is 0 Å². The molecule has 0 radical (unpaired) electrons. The molecule has 1 aromatic rings. The molecule has 2 rings (SSSR count). The Bertz CT molecular complexity index is 444. The van der Waals surface area contributed by atoms with Crippen LogP contribution >= 0.6 is 15.9 Å². The van der Waals surface area contributed by atoms with Crippen LogP contribution in [-0.4, -0.2) is 14.7 Å². The fourth-order valence-corrected chi connectivity index (χ4v) is 1.56. The number of allylic oxidation sites excluding steroid dienone is 2. The highest BCUT2D eigenvalue weighted by atomic mass is 79.9. The summed E-state index contributed by atoms with van der Waals surface area (Å²) >= 11 is 3.39. The highest BCUT2D eigenvalue weighted by Crippen LogP contribution is 2.08. The van der Waals surface area contributed by atoms with Gasteiger partial charge in [-0.2, -0.15) is 0 Å². The normalized spacial score (nSPS) is 16.8. The van der Waals surface area contributed by atoms with Crippen molar-refractivity contribution >= 4 is 28.3 Å². The number of aliphatic hydroxyl groups is 1. The van der Waals surface area contributed by atoms with E-state index in [0.717, 1.165) is 28.1 Å². The van der Waals surface area contributed by atoms with E-state index >= 15 is 0 Å². The predicted molar refractivity (Wildman–Crippen MR) is 50.0 cm³/mol. The first-order chi connectivity index (χ1) is 5.81. The van der Waals surface area contributed by atoms with E-state index in [4.69, 9.17) is 5.11 Å². The fraction of sp³-hybridized carbons (Fsp3) is 0.125. The van der Waals surface area contributed by atoms with Gasteiger partial charge in [0, 0.05) is 4.48 Å². The average molecular weight is 227 g/mol. The summed E-state index contributed by atoms with van der Waals surface area (Å²) in [5.74, 6) is 0. The Morgan fingerprint density at radius 2 is 2.42 bits per heavy atom. The van der Waals surface area contributed by atoms with Crippen LogP contribution in [0.4, 0.5) is 0 Å². The standard InChI is InChI=1S/C8H7BrN2O/c9-6-1-2-8-10-3-7(5-12)11(8)4-6/h1-3,5,12H,4H2/b7-5+. The number of hydrogen-bond donors (Lipinski definition) is 1. The molecule has 0 fully saturated rings. The van der Waals surface area contributed by atoms with Crippen LogP contribution in [0.25, 0.3) is 12.3 Å². The lowest BCUT2D eigenvalue weighted by molar-refractivity contribution is 0.533. The number of fused-ring (bicyclic) bond motifs is 1. The van der Waals surface area contributed by atoms with Gasteiger partial charge in [0.05, 0.1) is 18.1 Å². The Labute approximate surface area is 77.5 Å². The largest absolute Gasteiger partial charge is 0.513 e. The predicted octanol–water partition coefficient (Wildman–Crippen LogP) is 0.252. The molecule has 0 amide bonds. The fourth-order valence-electron chi connectivity index (χ4n) is 1.18. The number of aromatic nitrogens is 2. The van der Waals surface area contributed by atoms with Crippen molar-refractivity contribution in [2.45, 2.75) is 6.54 Å². The van der Waals surface area contributed by atoms with Gasteiger partial charge < -0.3 is 9.67 Å². The zero-order valence-corrected chi connectivity index (χ0v) is 7.82. The van der Waals surface area contributed by atoms with Crippen LogP contribution in [0.15, 0.2) is 16.8 Å². The monoisotopic (exact) mass is 226 g/mol. The van der Waals surface area contributed by atoms with E-state index in [9.17, 15) is 0 Å². The van der Waals surface area contributed by atoms with Gasteiger partial charge in [-0.05, 0) is 12.2 Å². The second-order valence-corrected chi connectivity index (χ2v) is 3.56. The quantitative estimate of drug-likeness (QED) is 0.690. The topological polar surface area (TPSA) is 38.1 Å². The Balaban J connectivity index is 2.71. The van der Waals surface area contributed by atoms with Gasteiger partial charge in [-0.1, -0.05) is 15.9 Å². The molecule has 0 aromatic carbocycles. The lowest BCUT2D eigenvalue weighted by atomic mass is 10.4. The van der Waals surface area contributed by atoms with Crippen LogP contribution in [0.3, 0.4) is 0 Å². The van der Waals surface area contributed by atoms with Gasteiger partial charge in [0.25, 0.3) is 0 Å². The van der Waals surface area contributed by atoms with Crippen molar-refractivity contribution in [3.05, 3.63) is 27.6 Å². The van der Waals surface area contributed by atoms with Gasteiger partial charge in [-0.3, -0.25) is 0 Å². The average Bonchev–Trinajstić information content (AvgIpc) is 2.46. The third-order valence-corrected chi connectivity index (χ3v) is 2.29. The zero-order valence-electron chi connectivity index (χ0n) is 6.24. The molecule has 12 heavy (non-hydrogen) atoms. The van der Waals surface area contributed by atoms with Crippen molar-refractivity contribution in [2.24, 2.45) is 0 Å². The molecule has 3 nitrogen and oxygen atoms in total. The number of halogens is 1. The second kappa shape index (κ2) is 2.79. The smallest absolute Gasteiger partial charge is 0.133 e. The minimum atomic E-state index is 0.728. The Morgan fingerprint density at radius 1 is 1.58 bits per heavy atom. The van der Waals surface area contributed by atoms with Crippen LogP contribution < -0.4 is 10.8 Å². The van der Waals surface area contributed by atoms with E-state index in [1.807, 2.05) is 16.7 Å². The molecule has 0 bridgehead atoms. The van der Waals surface area contributed by atoms with E-state index in [0.29, 0.717) is 0 Å². The summed E-state index contributed by atoms with van der Waals surface area (Å²) in [4.78, 5) is 4.11. The maximum Gasteiger partial charge on any atom is 0.133 e. The first-order valence-electron chi connectivity index (χ1n) is 3.53. The SMILES string of the molecule is O/C=c1\cnc2n1CC(Br)=CC=2. The van der Waals surface area contributed by atoms with Gasteiger partial charge in [0.1, 0.15) is 11.7 Å². The van der Waals surface area contributed by atoms with Crippen molar-refractivity contribution in [3.63, 3.8) is 0 Å². The lowest BCUT2D eigenvalue weighted by Gasteiger charge is -2.05. The molecule has 0 saturated heterocycles. The third-order valence-electron chi connectivity index (χ3n) is 1.77. The lowest BCUT2D eigenvalue weighted by Crippen LogP contribution is -2.29. The molecule has 1 N–H and O–H groups in total. The van der Waals surface area contributed by atoms with Gasteiger partial charge in [0.2, 0.25) is 0 Å². The summed E-state index contributed by atoms with van der Waals surface area (Å²) in [6, 6.07) is 0. The molecule has 62 valence electrons. The molecule has 1 aliphatic rings. The molecular weight excluding hydrogens is 220 g/mol. The van der Waals surface area contributed by atoms with Gasteiger partial charge >= 0.3 is 0 Å². The molecule has 1 aliphatic heterocycles. The summed E-state index contributed by atoms with van der Waals surface area (Å²) in [5, 5.41) is 9.56. The maximum absolute atomic E-state index is 8.83. The first-order valence-corrected chi connectivity index (χ1v) is 4.33. The molecule has 2 heterocycles. The van der Waals surface area contributed by atoms with E-state index in [1.54, 1.807) is 6.20 Å².